The van der Waals surface area contributed by atoms with Crippen molar-refractivity contribution in [3.05, 3.63) is 0 Å². The average Bonchev–Trinajstić information content (AvgIpc) is 2.30. The van der Waals surface area contributed by atoms with Crippen molar-refractivity contribution in [2.75, 3.05) is 23.9 Å². The lowest BCUT2D eigenvalue weighted by Gasteiger charge is -2.19. The van der Waals surface area contributed by atoms with Crippen LogP contribution in [0, 0.1) is 0 Å². The first kappa shape index (κ1) is 15.7. The van der Waals surface area contributed by atoms with Gasteiger partial charge in [-0.1, -0.05) is 39.0 Å². The van der Waals surface area contributed by atoms with Gasteiger partial charge in [-0.15, -0.1) is 11.8 Å². The molecular formula is C14H28OS2. The maximum absolute atomic E-state index is 5.97. The Kier molecular flexibility index (Phi) is 10.8. The summed E-state index contributed by atoms with van der Waals surface area (Å²) in [7, 11) is 0. The zero-order chi connectivity index (χ0) is 12.2. The third-order valence-corrected chi connectivity index (χ3v) is 5.41. The Balaban J connectivity index is 1.90. The summed E-state index contributed by atoms with van der Waals surface area (Å²) in [4.78, 5) is 0. The van der Waals surface area contributed by atoms with Crippen LogP contribution in [0.15, 0.2) is 0 Å². The Hall–Kier alpha value is 0.660. The third-order valence-electron chi connectivity index (χ3n) is 3.04. The van der Waals surface area contributed by atoms with E-state index in [0.717, 1.165) is 6.61 Å². The predicted octanol–water partition coefficient (Wildman–Crippen LogP) is 4.95. The highest BCUT2D eigenvalue weighted by atomic mass is 32.2. The highest BCUT2D eigenvalue weighted by molar-refractivity contribution is 8.01. The molecule has 17 heavy (non-hydrogen) atoms. The Morgan fingerprint density at radius 3 is 2.71 bits per heavy atom. The quantitative estimate of drug-likeness (QED) is 0.581. The van der Waals surface area contributed by atoms with Gasteiger partial charge in [-0.25, -0.2) is 0 Å². The largest absolute Gasteiger partial charge is 0.368 e. The molecule has 0 aromatic rings. The average molecular weight is 277 g/mol. The first-order chi connectivity index (χ1) is 8.43. The van der Waals surface area contributed by atoms with Crippen LogP contribution in [0.3, 0.4) is 0 Å². The van der Waals surface area contributed by atoms with E-state index in [0.29, 0.717) is 5.44 Å². The van der Waals surface area contributed by atoms with E-state index in [4.69, 9.17) is 4.74 Å². The molecule has 0 aromatic heterocycles. The Bertz CT molecular complexity index is 156. The van der Waals surface area contributed by atoms with E-state index in [1.165, 1.54) is 68.6 Å². The van der Waals surface area contributed by atoms with Crippen molar-refractivity contribution in [2.24, 2.45) is 0 Å². The van der Waals surface area contributed by atoms with Crippen molar-refractivity contribution >= 4 is 23.5 Å². The van der Waals surface area contributed by atoms with Gasteiger partial charge in [-0.05, 0) is 36.5 Å². The lowest BCUT2D eigenvalue weighted by molar-refractivity contribution is 0.107. The molecule has 1 atom stereocenters. The molecule has 0 aromatic carbocycles. The van der Waals surface area contributed by atoms with Gasteiger partial charge < -0.3 is 4.74 Å². The highest BCUT2D eigenvalue weighted by Gasteiger charge is 2.11. The van der Waals surface area contributed by atoms with E-state index in [1.807, 2.05) is 11.8 Å². The molecule has 0 amide bonds. The van der Waals surface area contributed by atoms with Crippen LogP contribution < -0.4 is 0 Å². The predicted molar refractivity (Wildman–Crippen MR) is 82.1 cm³/mol. The molecule has 0 N–H and O–H groups in total. The smallest absolute Gasteiger partial charge is 0.103 e. The molecule has 1 fully saturated rings. The van der Waals surface area contributed by atoms with Crippen LogP contribution in [0.1, 0.15) is 58.3 Å². The maximum Gasteiger partial charge on any atom is 0.103 e. The molecule has 0 radical (unpaired) electrons. The van der Waals surface area contributed by atoms with Gasteiger partial charge in [-0.3, -0.25) is 0 Å². The van der Waals surface area contributed by atoms with Crippen molar-refractivity contribution in [2.45, 2.75) is 63.7 Å². The zero-order valence-electron chi connectivity index (χ0n) is 11.3. The molecule has 1 unspecified atom stereocenters. The maximum atomic E-state index is 5.97. The Labute approximate surface area is 116 Å². The minimum absolute atomic E-state index is 0.485. The van der Waals surface area contributed by atoms with Crippen LogP contribution in [-0.2, 0) is 4.74 Å². The fraction of sp³-hybridized carbons (Fsp3) is 1.00. The second-order valence-electron chi connectivity index (χ2n) is 4.69. The zero-order valence-corrected chi connectivity index (χ0v) is 12.9. The summed E-state index contributed by atoms with van der Waals surface area (Å²) in [6.45, 7) is 3.25. The van der Waals surface area contributed by atoms with E-state index < -0.39 is 0 Å². The number of thioether (sulfide) groups is 2. The molecule has 1 aliphatic rings. The number of rotatable bonds is 8. The van der Waals surface area contributed by atoms with E-state index in [1.54, 1.807) is 0 Å². The molecule has 1 nitrogen and oxygen atoms in total. The lowest BCUT2D eigenvalue weighted by Crippen LogP contribution is -2.13. The monoisotopic (exact) mass is 276 g/mol. The van der Waals surface area contributed by atoms with E-state index >= 15 is 0 Å². The minimum Gasteiger partial charge on any atom is -0.368 e. The number of hydrogen-bond acceptors (Lipinski definition) is 3. The summed E-state index contributed by atoms with van der Waals surface area (Å²) in [5.41, 5.74) is 0.485. The molecule has 1 heterocycles. The standard InChI is InChI=1S/C14H28OS2/c1-2-3-4-5-6-7-10-15-14-9-13-16-11-8-12-17-14/h14H,2-13H2,1H3. The fourth-order valence-corrected chi connectivity index (χ4v) is 4.29. The molecule has 1 rings (SSSR count). The molecule has 102 valence electrons. The van der Waals surface area contributed by atoms with Crippen molar-refractivity contribution < 1.29 is 4.74 Å². The van der Waals surface area contributed by atoms with Crippen LogP contribution in [0.5, 0.6) is 0 Å². The molecule has 0 spiro atoms. The van der Waals surface area contributed by atoms with Crippen LogP contribution in [0.2, 0.25) is 0 Å². The first-order valence-electron chi connectivity index (χ1n) is 7.24. The summed E-state index contributed by atoms with van der Waals surface area (Å²) < 4.78 is 5.97. The van der Waals surface area contributed by atoms with Gasteiger partial charge in [-0.2, -0.15) is 11.8 Å². The first-order valence-corrected chi connectivity index (χ1v) is 9.44. The van der Waals surface area contributed by atoms with Crippen molar-refractivity contribution in [3.63, 3.8) is 0 Å². The topological polar surface area (TPSA) is 9.23 Å². The summed E-state index contributed by atoms with van der Waals surface area (Å²) in [6.07, 6.45) is 10.7. The van der Waals surface area contributed by atoms with Crippen LogP contribution in [-0.4, -0.2) is 29.3 Å². The normalized spacial score (nSPS) is 22.1. The van der Waals surface area contributed by atoms with Gasteiger partial charge in [0, 0.05) is 6.61 Å². The lowest BCUT2D eigenvalue weighted by atomic mass is 10.1. The van der Waals surface area contributed by atoms with Gasteiger partial charge in [0.25, 0.3) is 0 Å². The minimum atomic E-state index is 0.485. The Morgan fingerprint density at radius 1 is 1.00 bits per heavy atom. The van der Waals surface area contributed by atoms with Crippen LogP contribution >= 0.6 is 23.5 Å². The third kappa shape index (κ3) is 9.26. The van der Waals surface area contributed by atoms with Crippen molar-refractivity contribution in [1.82, 2.24) is 0 Å². The van der Waals surface area contributed by atoms with Crippen LogP contribution in [0.25, 0.3) is 0 Å². The van der Waals surface area contributed by atoms with Crippen molar-refractivity contribution in [1.29, 1.82) is 0 Å². The van der Waals surface area contributed by atoms with Crippen LogP contribution in [0.4, 0.5) is 0 Å². The van der Waals surface area contributed by atoms with Gasteiger partial charge in [0.2, 0.25) is 0 Å². The van der Waals surface area contributed by atoms with Crippen molar-refractivity contribution in [3.8, 4) is 0 Å². The molecule has 1 saturated heterocycles. The summed E-state index contributed by atoms with van der Waals surface area (Å²) in [6, 6.07) is 0. The molecule has 3 heteroatoms. The Morgan fingerprint density at radius 2 is 1.82 bits per heavy atom. The molecule has 1 aliphatic heterocycles. The van der Waals surface area contributed by atoms with Gasteiger partial charge in [0.1, 0.15) is 5.44 Å². The second kappa shape index (κ2) is 11.7. The summed E-state index contributed by atoms with van der Waals surface area (Å²) in [5.74, 6) is 3.92. The van der Waals surface area contributed by atoms with Gasteiger partial charge >= 0.3 is 0 Å². The van der Waals surface area contributed by atoms with E-state index in [9.17, 15) is 0 Å². The summed E-state index contributed by atoms with van der Waals surface area (Å²) in [5, 5.41) is 0. The second-order valence-corrected chi connectivity index (χ2v) is 7.19. The fourth-order valence-electron chi connectivity index (χ4n) is 1.97. The van der Waals surface area contributed by atoms with E-state index in [2.05, 4.69) is 18.7 Å². The highest BCUT2D eigenvalue weighted by Crippen LogP contribution is 2.24. The number of unbranched alkanes of at least 4 members (excludes halogenated alkanes) is 5. The van der Waals surface area contributed by atoms with E-state index in [-0.39, 0.29) is 0 Å². The molecule has 0 bridgehead atoms. The SMILES string of the molecule is CCCCCCCCOC1CCSCCCS1. The number of ether oxygens (including phenoxy) is 1. The molecule has 0 saturated carbocycles. The van der Waals surface area contributed by atoms with Gasteiger partial charge in [0.05, 0.1) is 0 Å². The summed E-state index contributed by atoms with van der Waals surface area (Å²) >= 11 is 4.13. The number of hydrogen-bond donors (Lipinski definition) is 0. The van der Waals surface area contributed by atoms with Gasteiger partial charge in [0.15, 0.2) is 0 Å². The molecular weight excluding hydrogens is 248 g/mol. The molecule has 0 aliphatic carbocycles.